The molecular formula is C26H22N4O2. The second-order valence-electron chi connectivity index (χ2n) is 7.76. The van der Waals surface area contributed by atoms with Crippen molar-refractivity contribution in [3.63, 3.8) is 0 Å². The fourth-order valence-electron chi connectivity index (χ4n) is 4.09. The number of rotatable bonds is 4. The molecular weight excluding hydrogens is 400 g/mol. The average Bonchev–Trinajstić information content (AvgIpc) is 3.20. The maximum absolute atomic E-state index is 13.4. The Bertz CT molecular complexity index is 1400. The fourth-order valence-corrected chi connectivity index (χ4v) is 4.09. The largest absolute Gasteiger partial charge is 0.302 e. The number of hydrogen-bond donors (Lipinski definition) is 0. The van der Waals surface area contributed by atoms with Crippen LogP contribution in [-0.4, -0.2) is 21.0 Å². The Morgan fingerprint density at radius 3 is 2.16 bits per heavy atom. The predicted octanol–water partition coefficient (Wildman–Crippen LogP) is 4.15. The minimum absolute atomic E-state index is 0.205. The van der Waals surface area contributed by atoms with Crippen molar-refractivity contribution in [2.24, 2.45) is 12.0 Å². The molecule has 0 atom stereocenters. The number of carbonyl (C=O) groups is 1. The van der Waals surface area contributed by atoms with Crippen LogP contribution in [0.3, 0.4) is 0 Å². The summed E-state index contributed by atoms with van der Waals surface area (Å²) in [6.45, 7) is 2.28. The highest BCUT2D eigenvalue weighted by Crippen LogP contribution is 2.32. The van der Waals surface area contributed by atoms with Crippen LogP contribution in [-0.2, 0) is 18.4 Å². The van der Waals surface area contributed by atoms with Crippen LogP contribution < -0.4 is 10.5 Å². The molecule has 32 heavy (non-hydrogen) atoms. The zero-order valence-electron chi connectivity index (χ0n) is 17.9. The lowest BCUT2D eigenvalue weighted by molar-refractivity contribution is -0.112. The van der Waals surface area contributed by atoms with E-state index in [0.29, 0.717) is 18.0 Å². The molecule has 0 unspecified atom stereocenters. The van der Waals surface area contributed by atoms with E-state index < -0.39 is 0 Å². The van der Waals surface area contributed by atoms with Crippen molar-refractivity contribution in [1.82, 2.24) is 9.36 Å². The number of aromatic nitrogens is 2. The van der Waals surface area contributed by atoms with E-state index >= 15 is 0 Å². The summed E-state index contributed by atoms with van der Waals surface area (Å²) in [6.07, 6.45) is 0. The maximum atomic E-state index is 13.4. The maximum Gasteiger partial charge on any atom is 0.297 e. The van der Waals surface area contributed by atoms with E-state index in [4.69, 9.17) is 0 Å². The highest BCUT2D eigenvalue weighted by atomic mass is 16.2. The number of aliphatic imine (C=N–C) groups is 1. The van der Waals surface area contributed by atoms with Gasteiger partial charge in [0, 0.05) is 12.6 Å². The van der Waals surface area contributed by atoms with Crippen molar-refractivity contribution in [3.05, 3.63) is 112 Å². The highest BCUT2D eigenvalue weighted by molar-refractivity contribution is 6.54. The lowest BCUT2D eigenvalue weighted by atomic mass is 10.1. The van der Waals surface area contributed by atoms with Gasteiger partial charge in [0.15, 0.2) is 5.69 Å². The summed E-state index contributed by atoms with van der Waals surface area (Å²) in [5, 5.41) is 0. The first-order chi connectivity index (χ1) is 15.6. The molecule has 4 aromatic rings. The van der Waals surface area contributed by atoms with Gasteiger partial charge < -0.3 is 4.90 Å². The second-order valence-corrected chi connectivity index (χ2v) is 7.76. The van der Waals surface area contributed by atoms with Crippen LogP contribution >= 0.6 is 0 Å². The van der Waals surface area contributed by atoms with Crippen LogP contribution in [0.2, 0.25) is 0 Å². The molecule has 0 saturated carbocycles. The van der Waals surface area contributed by atoms with Gasteiger partial charge in [-0.1, -0.05) is 66.7 Å². The zero-order valence-corrected chi connectivity index (χ0v) is 17.9. The summed E-state index contributed by atoms with van der Waals surface area (Å²) in [6, 6.07) is 26.8. The molecule has 0 fully saturated rings. The summed E-state index contributed by atoms with van der Waals surface area (Å²) < 4.78 is 3.34. The molecule has 0 radical (unpaired) electrons. The number of amides is 1. The third-order valence-electron chi connectivity index (χ3n) is 5.83. The Morgan fingerprint density at radius 1 is 0.812 bits per heavy atom. The van der Waals surface area contributed by atoms with Crippen LogP contribution in [0, 0.1) is 6.92 Å². The Labute approximate surface area is 185 Å². The van der Waals surface area contributed by atoms with Gasteiger partial charge in [0.25, 0.3) is 11.5 Å². The summed E-state index contributed by atoms with van der Waals surface area (Å²) >= 11 is 0. The number of nitrogens with zero attached hydrogens (tertiary/aromatic N) is 4. The molecule has 3 aromatic carbocycles. The first kappa shape index (κ1) is 19.8. The molecule has 1 aliphatic rings. The number of anilines is 1. The molecule has 0 aliphatic carbocycles. The molecule has 0 N–H and O–H groups in total. The standard InChI is InChI=1S/C26H22N4O2/c1-18-23(26(32)30(28(18)2)20-13-7-4-8-14-20)27-24-21-15-9-10-16-22(21)29(25(24)31)17-19-11-5-3-6-12-19/h3-16H,17H2,1-2H3. The van der Waals surface area contributed by atoms with E-state index in [1.807, 2.05) is 98.9 Å². The smallest absolute Gasteiger partial charge is 0.297 e. The van der Waals surface area contributed by atoms with E-state index in [0.717, 1.165) is 22.5 Å². The second kappa shape index (κ2) is 7.81. The zero-order chi connectivity index (χ0) is 22.2. The van der Waals surface area contributed by atoms with Crippen molar-refractivity contribution in [2.75, 3.05) is 4.90 Å². The molecule has 5 rings (SSSR count). The first-order valence-electron chi connectivity index (χ1n) is 10.4. The first-order valence-corrected chi connectivity index (χ1v) is 10.4. The van der Waals surface area contributed by atoms with Crippen LogP contribution in [0.25, 0.3) is 5.69 Å². The van der Waals surface area contributed by atoms with Gasteiger partial charge in [-0.2, -0.15) is 0 Å². The molecule has 0 bridgehead atoms. The van der Waals surface area contributed by atoms with Gasteiger partial charge in [-0.3, -0.25) is 14.3 Å². The fraction of sp³-hybridized carbons (Fsp3) is 0.115. The summed E-state index contributed by atoms with van der Waals surface area (Å²) in [5.41, 5.74) is 4.32. The predicted molar refractivity (Wildman–Crippen MR) is 126 cm³/mol. The summed E-state index contributed by atoms with van der Waals surface area (Å²) in [5.74, 6) is -0.205. The molecule has 1 aromatic heterocycles. The molecule has 1 amide bonds. The van der Waals surface area contributed by atoms with E-state index in [1.54, 1.807) is 14.3 Å². The van der Waals surface area contributed by atoms with Crippen molar-refractivity contribution >= 4 is 23.0 Å². The van der Waals surface area contributed by atoms with Crippen molar-refractivity contribution in [3.8, 4) is 5.69 Å². The average molecular weight is 422 g/mol. The molecule has 6 heteroatoms. The number of benzene rings is 3. The highest BCUT2D eigenvalue weighted by Gasteiger charge is 2.34. The van der Waals surface area contributed by atoms with E-state index in [1.165, 1.54) is 0 Å². The van der Waals surface area contributed by atoms with E-state index in [9.17, 15) is 9.59 Å². The summed E-state index contributed by atoms with van der Waals surface area (Å²) in [7, 11) is 1.82. The Kier molecular flexibility index (Phi) is 4.82. The molecule has 0 saturated heterocycles. The van der Waals surface area contributed by atoms with Crippen LogP contribution in [0.4, 0.5) is 11.4 Å². The molecule has 158 valence electrons. The van der Waals surface area contributed by atoms with Crippen molar-refractivity contribution in [1.29, 1.82) is 0 Å². The van der Waals surface area contributed by atoms with Crippen molar-refractivity contribution in [2.45, 2.75) is 13.5 Å². The third-order valence-corrected chi connectivity index (χ3v) is 5.83. The van der Waals surface area contributed by atoms with Gasteiger partial charge in [0.2, 0.25) is 0 Å². The van der Waals surface area contributed by atoms with Crippen molar-refractivity contribution < 1.29 is 4.79 Å². The Morgan fingerprint density at radius 2 is 1.44 bits per heavy atom. The minimum Gasteiger partial charge on any atom is -0.302 e. The van der Waals surface area contributed by atoms with Gasteiger partial charge in [-0.25, -0.2) is 9.67 Å². The normalized spacial score (nSPS) is 14.2. The molecule has 0 spiro atoms. The number of fused-ring (bicyclic) bond motifs is 1. The van der Waals surface area contributed by atoms with Gasteiger partial charge in [0.05, 0.1) is 23.6 Å². The van der Waals surface area contributed by atoms with Gasteiger partial charge in [0.1, 0.15) is 5.71 Å². The molecule has 1 aliphatic heterocycles. The van der Waals surface area contributed by atoms with Crippen LogP contribution in [0.5, 0.6) is 0 Å². The van der Waals surface area contributed by atoms with Crippen LogP contribution in [0.15, 0.2) is 94.7 Å². The SMILES string of the molecule is Cc1c(N=C2C(=O)N(Cc3ccccc3)c3ccccc32)c(=O)n(-c2ccccc2)n1C. The Hall–Kier alpha value is -4.19. The molecule has 6 nitrogen and oxygen atoms in total. The van der Waals surface area contributed by atoms with E-state index in [-0.39, 0.29) is 17.2 Å². The monoisotopic (exact) mass is 422 g/mol. The van der Waals surface area contributed by atoms with E-state index in [2.05, 4.69) is 4.99 Å². The molecule has 2 heterocycles. The minimum atomic E-state index is -0.254. The Balaban J connectivity index is 1.62. The number of carbonyl (C=O) groups excluding carboxylic acids is 1. The van der Waals surface area contributed by atoms with Gasteiger partial charge in [-0.15, -0.1) is 0 Å². The lowest BCUT2D eigenvalue weighted by Gasteiger charge is -2.16. The topological polar surface area (TPSA) is 59.6 Å². The number of hydrogen-bond acceptors (Lipinski definition) is 3. The van der Waals surface area contributed by atoms with Gasteiger partial charge >= 0.3 is 0 Å². The quantitative estimate of drug-likeness (QED) is 0.496. The number of para-hydroxylation sites is 2. The van der Waals surface area contributed by atoms with Crippen LogP contribution in [0.1, 0.15) is 16.8 Å². The lowest BCUT2D eigenvalue weighted by Crippen LogP contribution is -2.29. The summed E-state index contributed by atoms with van der Waals surface area (Å²) in [4.78, 5) is 33.1. The third kappa shape index (κ3) is 3.17. The van der Waals surface area contributed by atoms with Gasteiger partial charge in [-0.05, 0) is 30.7 Å².